The fraction of sp³-hybridized carbons (Fsp3) is 0.211. The van der Waals surface area contributed by atoms with Crippen molar-refractivity contribution >= 4 is 50.9 Å². The largest absolute Gasteiger partial charge is 0.337 e. The van der Waals surface area contributed by atoms with Gasteiger partial charge in [-0.25, -0.2) is 8.42 Å². The maximum absolute atomic E-state index is 12.8. The summed E-state index contributed by atoms with van der Waals surface area (Å²) in [5, 5.41) is 11.2. The number of hydrogen-bond acceptors (Lipinski definition) is 5. The minimum Gasteiger partial charge on any atom is -0.337 e. The second-order valence-electron chi connectivity index (χ2n) is 6.49. The van der Waals surface area contributed by atoms with Crippen molar-refractivity contribution in [1.82, 2.24) is 9.21 Å². The van der Waals surface area contributed by atoms with Gasteiger partial charge in [0.25, 0.3) is 5.69 Å². The number of sulfonamides is 1. The monoisotopic (exact) mass is 469 g/mol. The lowest BCUT2D eigenvalue weighted by atomic mass is 10.2. The number of carbonyl (C=O) groups excluding carboxylic acids is 1. The predicted molar refractivity (Wildman–Crippen MR) is 114 cm³/mol. The number of rotatable bonds is 5. The zero-order chi connectivity index (χ0) is 21.9. The van der Waals surface area contributed by atoms with E-state index in [1.165, 1.54) is 57.8 Å². The number of nitro groups is 1. The third kappa shape index (κ3) is 4.99. The molecule has 8 nitrogen and oxygen atoms in total. The average molecular weight is 470 g/mol. The first-order chi connectivity index (χ1) is 14.2. The van der Waals surface area contributed by atoms with E-state index < -0.39 is 14.9 Å². The van der Waals surface area contributed by atoms with Gasteiger partial charge in [-0.05, 0) is 29.8 Å². The molecule has 1 fully saturated rings. The fourth-order valence-electron chi connectivity index (χ4n) is 2.98. The van der Waals surface area contributed by atoms with Gasteiger partial charge in [0.1, 0.15) is 4.90 Å². The van der Waals surface area contributed by atoms with Crippen molar-refractivity contribution in [3.05, 3.63) is 74.3 Å². The molecule has 0 N–H and O–H groups in total. The molecule has 30 heavy (non-hydrogen) atoms. The number of halogens is 2. The number of amides is 1. The van der Waals surface area contributed by atoms with Crippen LogP contribution in [-0.2, 0) is 14.8 Å². The van der Waals surface area contributed by atoms with Gasteiger partial charge >= 0.3 is 0 Å². The topological polar surface area (TPSA) is 101 Å². The van der Waals surface area contributed by atoms with E-state index >= 15 is 0 Å². The Labute approximate surface area is 183 Å². The van der Waals surface area contributed by atoms with Crippen molar-refractivity contribution in [2.24, 2.45) is 0 Å². The Hall–Kier alpha value is -2.46. The highest BCUT2D eigenvalue weighted by molar-refractivity contribution is 7.89. The number of nitrogens with zero attached hydrogens (tertiary/aromatic N) is 3. The summed E-state index contributed by atoms with van der Waals surface area (Å²) in [6, 6.07) is 10.2. The molecule has 1 saturated heterocycles. The van der Waals surface area contributed by atoms with E-state index in [-0.39, 0.29) is 52.7 Å². The van der Waals surface area contributed by atoms with E-state index in [0.717, 1.165) is 0 Å². The van der Waals surface area contributed by atoms with Gasteiger partial charge in [0.05, 0.1) is 9.95 Å². The van der Waals surface area contributed by atoms with Crippen LogP contribution in [0.2, 0.25) is 10.0 Å². The molecule has 0 unspecified atom stereocenters. The lowest BCUT2D eigenvalue weighted by Crippen LogP contribution is -2.50. The number of carbonyl (C=O) groups is 1. The molecule has 0 saturated carbocycles. The van der Waals surface area contributed by atoms with E-state index in [2.05, 4.69) is 0 Å². The molecule has 2 aromatic carbocycles. The normalized spacial score (nSPS) is 15.5. The van der Waals surface area contributed by atoms with Crippen molar-refractivity contribution in [3.63, 3.8) is 0 Å². The molecule has 0 radical (unpaired) electrons. The van der Waals surface area contributed by atoms with Crippen molar-refractivity contribution in [3.8, 4) is 0 Å². The van der Waals surface area contributed by atoms with Gasteiger partial charge in [-0.1, -0.05) is 35.3 Å². The Balaban J connectivity index is 1.65. The number of benzene rings is 2. The zero-order valence-corrected chi connectivity index (χ0v) is 17.9. The Morgan fingerprint density at radius 1 is 1.07 bits per heavy atom. The summed E-state index contributed by atoms with van der Waals surface area (Å²) in [6.07, 6.45) is 2.81. The highest BCUT2D eigenvalue weighted by atomic mass is 35.5. The van der Waals surface area contributed by atoms with Crippen LogP contribution in [0.25, 0.3) is 6.08 Å². The molecule has 0 bridgehead atoms. The smallest absolute Gasteiger partial charge is 0.270 e. The van der Waals surface area contributed by atoms with Gasteiger partial charge in [0.15, 0.2) is 0 Å². The molecule has 1 aliphatic rings. The Kier molecular flexibility index (Phi) is 6.77. The Morgan fingerprint density at radius 2 is 1.77 bits per heavy atom. The first-order valence-electron chi connectivity index (χ1n) is 8.85. The number of nitro benzene ring substituents is 1. The van der Waals surface area contributed by atoms with Crippen LogP contribution in [0.3, 0.4) is 0 Å². The molecule has 0 aliphatic carbocycles. The number of non-ortho nitro benzene ring substituents is 1. The summed E-state index contributed by atoms with van der Waals surface area (Å²) >= 11 is 11.9. The SMILES string of the molecule is O=C(/C=C/c1cccc([N+](=O)[O-])c1)N1CCN(S(=O)(=O)c2cc(Cl)ccc2Cl)CC1. The van der Waals surface area contributed by atoms with Crippen molar-refractivity contribution in [2.75, 3.05) is 26.2 Å². The first kappa shape index (κ1) is 22.2. The Morgan fingerprint density at radius 3 is 2.43 bits per heavy atom. The summed E-state index contributed by atoms with van der Waals surface area (Å²) in [4.78, 5) is 24.2. The minimum atomic E-state index is -3.84. The quantitative estimate of drug-likeness (QED) is 0.379. The molecule has 11 heteroatoms. The summed E-state index contributed by atoms with van der Waals surface area (Å²) in [6.45, 7) is 0.633. The third-order valence-electron chi connectivity index (χ3n) is 4.56. The third-order valence-corrected chi connectivity index (χ3v) is 7.18. The maximum Gasteiger partial charge on any atom is 0.270 e. The summed E-state index contributed by atoms with van der Waals surface area (Å²) in [7, 11) is -3.84. The molecular weight excluding hydrogens is 453 g/mol. The van der Waals surface area contributed by atoms with E-state index in [4.69, 9.17) is 23.2 Å². The van der Waals surface area contributed by atoms with Gasteiger partial charge in [0.2, 0.25) is 15.9 Å². The molecule has 158 valence electrons. The highest BCUT2D eigenvalue weighted by Gasteiger charge is 2.31. The summed E-state index contributed by atoms with van der Waals surface area (Å²) in [5.41, 5.74) is 0.456. The predicted octanol–water partition coefficient (Wildman–Crippen LogP) is 3.45. The second kappa shape index (κ2) is 9.13. The van der Waals surface area contributed by atoms with Crippen LogP contribution in [0.4, 0.5) is 5.69 Å². The molecule has 1 amide bonds. The molecule has 0 spiro atoms. The Bertz CT molecular complexity index is 1110. The number of piperazine rings is 1. The van der Waals surface area contributed by atoms with Crippen LogP contribution in [0, 0.1) is 10.1 Å². The van der Waals surface area contributed by atoms with Gasteiger partial charge in [-0.2, -0.15) is 4.31 Å². The van der Waals surface area contributed by atoms with Gasteiger partial charge in [0, 0.05) is 49.4 Å². The van der Waals surface area contributed by atoms with E-state index in [1.54, 1.807) is 6.07 Å². The molecule has 3 rings (SSSR count). The maximum atomic E-state index is 12.8. The zero-order valence-electron chi connectivity index (χ0n) is 15.6. The fourth-order valence-corrected chi connectivity index (χ4v) is 5.14. The summed E-state index contributed by atoms with van der Waals surface area (Å²) in [5.74, 6) is -0.306. The van der Waals surface area contributed by atoms with Crippen LogP contribution in [-0.4, -0.2) is 54.6 Å². The average Bonchev–Trinajstić information content (AvgIpc) is 2.74. The first-order valence-corrected chi connectivity index (χ1v) is 11.0. The van der Waals surface area contributed by atoms with Gasteiger partial charge in [-0.15, -0.1) is 0 Å². The minimum absolute atomic E-state index is 0.0666. The molecule has 1 aliphatic heterocycles. The van der Waals surface area contributed by atoms with Crippen LogP contribution < -0.4 is 0 Å². The van der Waals surface area contributed by atoms with Crippen LogP contribution >= 0.6 is 23.2 Å². The lowest BCUT2D eigenvalue weighted by Gasteiger charge is -2.33. The van der Waals surface area contributed by atoms with Gasteiger partial charge < -0.3 is 4.90 Å². The highest BCUT2D eigenvalue weighted by Crippen LogP contribution is 2.28. The molecule has 2 aromatic rings. The molecule has 1 heterocycles. The summed E-state index contributed by atoms with van der Waals surface area (Å²) < 4.78 is 27.0. The van der Waals surface area contributed by atoms with E-state index in [1.807, 2.05) is 0 Å². The van der Waals surface area contributed by atoms with Crippen molar-refractivity contribution in [1.29, 1.82) is 0 Å². The lowest BCUT2D eigenvalue weighted by molar-refractivity contribution is -0.384. The van der Waals surface area contributed by atoms with Crippen molar-refractivity contribution in [2.45, 2.75) is 4.90 Å². The number of hydrogen-bond donors (Lipinski definition) is 0. The van der Waals surface area contributed by atoms with Crippen LogP contribution in [0.15, 0.2) is 53.4 Å². The van der Waals surface area contributed by atoms with E-state index in [0.29, 0.717) is 5.56 Å². The molecule has 0 aromatic heterocycles. The molecular formula is C19H17Cl2N3O5S. The van der Waals surface area contributed by atoms with Crippen molar-refractivity contribution < 1.29 is 18.1 Å². The molecule has 0 atom stereocenters. The van der Waals surface area contributed by atoms with Gasteiger partial charge in [-0.3, -0.25) is 14.9 Å². The van der Waals surface area contributed by atoms with Crippen LogP contribution in [0.1, 0.15) is 5.56 Å². The standard InChI is InChI=1S/C19H17Cl2N3O5S/c20-15-5-6-17(21)18(13-15)30(28,29)23-10-8-22(9-11-23)19(25)7-4-14-2-1-3-16(12-14)24(26)27/h1-7,12-13H,8-11H2/b7-4+. The second-order valence-corrected chi connectivity index (χ2v) is 9.24. The van der Waals surface area contributed by atoms with E-state index in [9.17, 15) is 23.3 Å². The van der Waals surface area contributed by atoms with Crippen LogP contribution in [0.5, 0.6) is 0 Å².